The predicted molar refractivity (Wildman–Crippen MR) is 152 cm³/mol. The van der Waals surface area contributed by atoms with Crippen LogP contribution in [-0.2, 0) is 4.74 Å². The molecule has 10 heteroatoms. The quantitative estimate of drug-likeness (QED) is 0.164. The molecule has 2 aromatic heterocycles. The molecule has 2 fully saturated rings. The summed E-state index contributed by atoms with van der Waals surface area (Å²) in [7, 11) is 0. The fourth-order valence-electron chi connectivity index (χ4n) is 5.04. The monoisotopic (exact) mass is 547 g/mol. The zero-order valence-corrected chi connectivity index (χ0v) is 23.0. The molecule has 2 saturated carbocycles. The van der Waals surface area contributed by atoms with E-state index in [1.54, 1.807) is 6.92 Å². The molecule has 39 heavy (non-hydrogen) atoms. The number of nitrogens with zero attached hydrogens (tertiary/aromatic N) is 3. The molecular formula is C29H33N5O4S. The molecule has 1 unspecified atom stereocenters. The van der Waals surface area contributed by atoms with Crippen molar-refractivity contribution in [2.24, 2.45) is 5.92 Å². The van der Waals surface area contributed by atoms with Crippen molar-refractivity contribution in [2.45, 2.75) is 63.3 Å². The van der Waals surface area contributed by atoms with E-state index in [9.17, 15) is 4.79 Å². The van der Waals surface area contributed by atoms with Gasteiger partial charge >= 0.3 is 6.09 Å². The third-order valence-corrected chi connectivity index (χ3v) is 8.31. The number of nitrogen functional groups attached to an aromatic ring is 1. The van der Waals surface area contributed by atoms with E-state index >= 15 is 0 Å². The molecule has 2 aliphatic rings. The molecule has 3 N–H and O–H groups in total. The predicted octanol–water partition coefficient (Wildman–Crippen LogP) is 6.83. The van der Waals surface area contributed by atoms with Crippen LogP contribution in [-0.4, -0.2) is 39.3 Å². The lowest BCUT2D eigenvalue weighted by atomic mass is 9.92. The first kappa shape index (κ1) is 25.6. The zero-order valence-electron chi connectivity index (χ0n) is 22.2. The number of hydrogen-bond donors (Lipinski definition) is 2. The zero-order chi connectivity index (χ0) is 26.9. The molecular weight excluding hydrogens is 514 g/mol. The SMILES string of the molecule is Cc1nnc(SCCOc2ccc3c(N)c(-c4ccc(NC(=O)OC(C)C5CC5)cc4)n(C4CCC4)c3c2)o1. The largest absolute Gasteiger partial charge is 0.493 e. The summed E-state index contributed by atoms with van der Waals surface area (Å²) in [5.41, 5.74) is 11.3. The van der Waals surface area contributed by atoms with Crippen LogP contribution in [0, 0.1) is 12.8 Å². The average molecular weight is 548 g/mol. The molecule has 0 spiro atoms. The van der Waals surface area contributed by atoms with E-state index < -0.39 is 6.09 Å². The number of ether oxygens (including phenoxy) is 2. The Kier molecular flexibility index (Phi) is 7.12. The summed E-state index contributed by atoms with van der Waals surface area (Å²) in [6, 6.07) is 14.3. The van der Waals surface area contributed by atoms with Crippen LogP contribution in [0.4, 0.5) is 16.2 Å². The minimum absolute atomic E-state index is 0.0514. The van der Waals surface area contributed by atoms with Gasteiger partial charge in [0.1, 0.15) is 11.9 Å². The molecule has 204 valence electrons. The lowest BCUT2D eigenvalue weighted by Gasteiger charge is -2.30. The van der Waals surface area contributed by atoms with Gasteiger partial charge in [0.05, 0.1) is 23.5 Å². The molecule has 6 rings (SSSR count). The lowest BCUT2D eigenvalue weighted by Crippen LogP contribution is -2.21. The van der Waals surface area contributed by atoms with Crippen LogP contribution in [0.3, 0.4) is 0 Å². The highest BCUT2D eigenvalue weighted by Gasteiger charge is 2.31. The molecule has 0 saturated heterocycles. The third-order valence-electron chi connectivity index (χ3n) is 7.52. The Morgan fingerprint density at radius 3 is 2.64 bits per heavy atom. The molecule has 1 atom stereocenters. The number of aromatic nitrogens is 3. The summed E-state index contributed by atoms with van der Waals surface area (Å²) in [5.74, 6) is 2.55. The number of benzene rings is 2. The van der Waals surface area contributed by atoms with Gasteiger partial charge in [-0.25, -0.2) is 4.79 Å². The normalized spacial score (nSPS) is 16.2. The number of carbonyl (C=O) groups is 1. The summed E-state index contributed by atoms with van der Waals surface area (Å²) in [6.07, 6.45) is 5.24. The first-order chi connectivity index (χ1) is 19.0. The topological polar surface area (TPSA) is 117 Å². The number of anilines is 2. The minimum atomic E-state index is -0.414. The second-order valence-electron chi connectivity index (χ2n) is 10.3. The molecule has 9 nitrogen and oxygen atoms in total. The number of nitrogens with two attached hydrogens (primary N) is 1. The van der Waals surface area contributed by atoms with E-state index in [1.165, 1.54) is 18.2 Å². The van der Waals surface area contributed by atoms with Crippen LogP contribution in [0.15, 0.2) is 52.1 Å². The first-order valence-electron chi connectivity index (χ1n) is 13.5. The number of hydrogen-bond acceptors (Lipinski definition) is 8. The maximum absolute atomic E-state index is 12.3. The second-order valence-corrected chi connectivity index (χ2v) is 11.4. The van der Waals surface area contributed by atoms with Crippen LogP contribution in [0.25, 0.3) is 22.2 Å². The van der Waals surface area contributed by atoms with Gasteiger partial charge in [-0.2, -0.15) is 0 Å². The maximum Gasteiger partial charge on any atom is 0.411 e. The highest BCUT2D eigenvalue weighted by Crippen LogP contribution is 2.45. The van der Waals surface area contributed by atoms with Crippen LogP contribution in [0.1, 0.15) is 51.0 Å². The van der Waals surface area contributed by atoms with Crippen molar-refractivity contribution in [1.82, 2.24) is 14.8 Å². The van der Waals surface area contributed by atoms with E-state index in [2.05, 4.69) is 26.1 Å². The van der Waals surface area contributed by atoms with Crippen molar-refractivity contribution in [3.8, 4) is 17.0 Å². The van der Waals surface area contributed by atoms with Gasteiger partial charge in [-0.1, -0.05) is 23.9 Å². The van der Waals surface area contributed by atoms with E-state index in [0.29, 0.717) is 41.1 Å². The number of thioether (sulfide) groups is 1. The average Bonchev–Trinajstić information content (AvgIpc) is 3.61. The van der Waals surface area contributed by atoms with E-state index in [0.717, 1.165) is 59.3 Å². The smallest absolute Gasteiger partial charge is 0.411 e. The number of carbonyl (C=O) groups excluding carboxylic acids is 1. The fraction of sp³-hybridized carbons (Fsp3) is 0.414. The summed E-state index contributed by atoms with van der Waals surface area (Å²) >= 11 is 1.48. The summed E-state index contributed by atoms with van der Waals surface area (Å²) in [5, 5.41) is 12.3. The van der Waals surface area contributed by atoms with Crippen molar-refractivity contribution in [3.63, 3.8) is 0 Å². The van der Waals surface area contributed by atoms with Crippen LogP contribution in [0.2, 0.25) is 0 Å². The first-order valence-corrected chi connectivity index (χ1v) is 14.5. The molecule has 2 aromatic carbocycles. The van der Waals surface area contributed by atoms with Gasteiger partial charge in [-0.15, -0.1) is 10.2 Å². The van der Waals surface area contributed by atoms with Gasteiger partial charge in [0.15, 0.2) is 0 Å². The Balaban J connectivity index is 1.20. The van der Waals surface area contributed by atoms with Gasteiger partial charge in [-0.3, -0.25) is 5.32 Å². The van der Waals surface area contributed by atoms with Crippen molar-refractivity contribution in [1.29, 1.82) is 0 Å². The van der Waals surface area contributed by atoms with Gasteiger partial charge in [-0.05, 0) is 69.2 Å². The third kappa shape index (κ3) is 5.56. The molecule has 0 radical (unpaired) electrons. The number of amides is 1. The van der Waals surface area contributed by atoms with E-state index in [-0.39, 0.29) is 6.10 Å². The van der Waals surface area contributed by atoms with Gasteiger partial charge in [0.2, 0.25) is 5.89 Å². The van der Waals surface area contributed by atoms with E-state index in [1.807, 2.05) is 43.3 Å². The molecule has 4 aromatic rings. The summed E-state index contributed by atoms with van der Waals surface area (Å²) in [6.45, 7) is 4.24. The number of rotatable bonds is 10. The Bertz CT molecular complexity index is 1470. The Labute approximate surface area is 231 Å². The molecule has 2 heterocycles. The Morgan fingerprint density at radius 2 is 1.97 bits per heavy atom. The molecule has 1 amide bonds. The van der Waals surface area contributed by atoms with Gasteiger partial charge < -0.3 is 24.2 Å². The fourth-order valence-corrected chi connectivity index (χ4v) is 5.66. The minimum Gasteiger partial charge on any atom is -0.493 e. The van der Waals surface area contributed by atoms with Gasteiger partial charge in [0.25, 0.3) is 5.22 Å². The number of nitrogens with one attached hydrogen (secondary N) is 1. The highest BCUT2D eigenvalue weighted by atomic mass is 32.2. The number of aryl methyl sites for hydroxylation is 1. The summed E-state index contributed by atoms with van der Waals surface area (Å²) < 4.78 is 19.3. The van der Waals surface area contributed by atoms with Crippen molar-refractivity contribution in [2.75, 3.05) is 23.4 Å². The molecule has 2 aliphatic carbocycles. The lowest BCUT2D eigenvalue weighted by molar-refractivity contribution is 0.108. The second kappa shape index (κ2) is 10.8. The van der Waals surface area contributed by atoms with Crippen LogP contribution >= 0.6 is 11.8 Å². The van der Waals surface area contributed by atoms with Crippen molar-refractivity contribution < 1.29 is 18.7 Å². The van der Waals surface area contributed by atoms with Gasteiger partial charge in [0, 0.05) is 41.4 Å². The molecule has 0 aliphatic heterocycles. The van der Waals surface area contributed by atoms with Crippen LogP contribution < -0.4 is 15.8 Å². The van der Waals surface area contributed by atoms with Crippen molar-refractivity contribution in [3.05, 3.63) is 48.4 Å². The Morgan fingerprint density at radius 1 is 1.18 bits per heavy atom. The van der Waals surface area contributed by atoms with Crippen LogP contribution in [0.5, 0.6) is 5.75 Å². The standard InChI is InChI=1S/C29H33N5O4S/c1-17(19-6-7-19)37-28(35)31-21-10-8-20(9-11-21)27-26(30)24-13-12-23(16-25(24)34(27)22-4-3-5-22)36-14-15-39-29-33-32-18(2)38-29/h8-13,16-17,19,22H,3-7,14-15,30H2,1-2H3,(H,31,35). The Hall–Kier alpha value is -3.66. The molecule has 0 bridgehead atoms. The highest BCUT2D eigenvalue weighted by molar-refractivity contribution is 7.99. The number of fused-ring (bicyclic) bond motifs is 1. The van der Waals surface area contributed by atoms with E-state index in [4.69, 9.17) is 19.6 Å². The van der Waals surface area contributed by atoms with Crippen molar-refractivity contribution >= 4 is 40.1 Å². The maximum atomic E-state index is 12.3. The summed E-state index contributed by atoms with van der Waals surface area (Å²) in [4.78, 5) is 12.3.